The highest BCUT2D eigenvalue weighted by molar-refractivity contribution is 5.97. The molecule has 1 amide bonds. The minimum Gasteiger partial charge on any atom is -0.464 e. The van der Waals surface area contributed by atoms with Gasteiger partial charge in [0.1, 0.15) is 5.58 Å². The number of hydrogen-bond acceptors (Lipinski definition) is 3. The summed E-state index contributed by atoms with van der Waals surface area (Å²) in [4.78, 5) is 12.3. The van der Waals surface area contributed by atoms with Gasteiger partial charge >= 0.3 is 0 Å². The van der Waals surface area contributed by atoms with Crippen LogP contribution >= 0.6 is 0 Å². The van der Waals surface area contributed by atoms with Gasteiger partial charge in [-0.3, -0.25) is 4.79 Å². The highest BCUT2D eigenvalue weighted by Gasteiger charge is 2.39. The summed E-state index contributed by atoms with van der Waals surface area (Å²) < 4.78 is 5.34. The summed E-state index contributed by atoms with van der Waals surface area (Å²) >= 11 is 0. The van der Waals surface area contributed by atoms with Gasteiger partial charge in [-0.2, -0.15) is 0 Å². The molecule has 98 valence electrons. The number of amides is 1. The summed E-state index contributed by atoms with van der Waals surface area (Å²) in [5, 5.41) is 7.69. The average molecular weight is 256 g/mol. The molecule has 0 radical (unpaired) electrons. The second-order valence-electron chi connectivity index (χ2n) is 5.54. The normalized spacial score (nSPS) is 28.9. The third kappa shape index (κ3) is 1.83. The van der Waals surface area contributed by atoms with Crippen molar-refractivity contribution in [3.05, 3.63) is 36.1 Å². The van der Waals surface area contributed by atoms with Crippen LogP contribution in [0, 0.1) is 0 Å². The Labute approximate surface area is 111 Å². The van der Waals surface area contributed by atoms with E-state index >= 15 is 0 Å². The zero-order valence-electron chi connectivity index (χ0n) is 10.6. The maximum atomic E-state index is 12.3. The van der Waals surface area contributed by atoms with Crippen molar-refractivity contribution >= 4 is 16.9 Å². The number of hydrogen-bond donors (Lipinski definition) is 2. The van der Waals surface area contributed by atoms with Crippen LogP contribution in [0.1, 0.15) is 29.6 Å². The van der Waals surface area contributed by atoms with Gasteiger partial charge in [0, 0.05) is 29.1 Å². The molecule has 4 nitrogen and oxygen atoms in total. The molecule has 2 saturated heterocycles. The van der Waals surface area contributed by atoms with E-state index in [1.54, 1.807) is 6.26 Å². The van der Waals surface area contributed by atoms with E-state index in [0.29, 0.717) is 17.6 Å². The zero-order chi connectivity index (χ0) is 12.8. The van der Waals surface area contributed by atoms with Crippen LogP contribution in [-0.4, -0.2) is 24.0 Å². The van der Waals surface area contributed by atoms with Gasteiger partial charge in [0.15, 0.2) is 0 Å². The number of carbonyl (C=O) groups is 1. The fourth-order valence-electron chi connectivity index (χ4n) is 3.33. The average Bonchev–Trinajstić information content (AvgIpc) is 3.13. The molecule has 2 aromatic rings. The number of rotatable bonds is 2. The van der Waals surface area contributed by atoms with Gasteiger partial charge in [-0.05, 0) is 37.5 Å². The van der Waals surface area contributed by atoms with Gasteiger partial charge < -0.3 is 15.1 Å². The Morgan fingerprint density at radius 1 is 1.32 bits per heavy atom. The third-order valence-corrected chi connectivity index (χ3v) is 4.33. The third-order valence-electron chi connectivity index (χ3n) is 4.33. The Kier molecular flexibility index (Phi) is 2.38. The summed E-state index contributed by atoms with van der Waals surface area (Å²) in [6.07, 6.45) is 5.12. The van der Waals surface area contributed by atoms with Crippen LogP contribution in [0.3, 0.4) is 0 Å². The molecular weight excluding hydrogens is 240 g/mol. The van der Waals surface area contributed by atoms with Crippen molar-refractivity contribution in [1.29, 1.82) is 0 Å². The Morgan fingerprint density at radius 2 is 2.26 bits per heavy atom. The molecule has 0 aliphatic carbocycles. The van der Waals surface area contributed by atoms with Crippen molar-refractivity contribution in [3.8, 4) is 0 Å². The number of carbonyl (C=O) groups excluding carboxylic acids is 1. The number of furan rings is 1. The van der Waals surface area contributed by atoms with E-state index in [2.05, 4.69) is 10.6 Å². The predicted molar refractivity (Wildman–Crippen MR) is 72.0 cm³/mol. The van der Waals surface area contributed by atoms with Crippen LogP contribution in [0.2, 0.25) is 0 Å². The molecule has 19 heavy (non-hydrogen) atoms. The lowest BCUT2D eigenvalue weighted by atomic mass is 9.95. The number of benzene rings is 1. The predicted octanol–water partition coefficient (Wildman–Crippen LogP) is 2.06. The number of nitrogens with one attached hydrogen (secondary N) is 2. The van der Waals surface area contributed by atoms with Crippen molar-refractivity contribution in [2.24, 2.45) is 0 Å². The second-order valence-corrected chi connectivity index (χ2v) is 5.54. The molecule has 1 aromatic heterocycles. The Balaban J connectivity index is 1.53. The van der Waals surface area contributed by atoms with Crippen LogP contribution in [0.15, 0.2) is 34.9 Å². The first-order valence-corrected chi connectivity index (χ1v) is 6.84. The van der Waals surface area contributed by atoms with E-state index in [0.717, 1.165) is 17.4 Å². The molecule has 3 unspecified atom stereocenters. The van der Waals surface area contributed by atoms with Crippen molar-refractivity contribution in [1.82, 2.24) is 10.6 Å². The van der Waals surface area contributed by atoms with Gasteiger partial charge in [0.25, 0.3) is 5.91 Å². The molecule has 2 N–H and O–H groups in total. The topological polar surface area (TPSA) is 54.3 Å². The molecule has 3 atom stereocenters. The fourth-order valence-corrected chi connectivity index (χ4v) is 3.33. The van der Waals surface area contributed by atoms with Crippen molar-refractivity contribution in [3.63, 3.8) is 0 Å². The van der Waals surface area contributed by atoms with Crippen LogP contribution in [0.25, 0.3) is 11.0 Å². The van der Waals surface area contributed by atoms with E-state index in [9.17, 15) is 4.79 Å². The Morgan fingerprint density at radius 3 is 3.05 bits per heavy atom. The lowest BCUT2D eigenvalue weighted by Crippen LogP contribution is -2.42. The van der Waals surface area contributed by atoms with Gasteiger partial charge in [0.05, 0.1) is 6.26 Å². The van der Waals surface area contributed by atoms with Crippen LogP contribution in [0.4, 0.5) is 0 Å². The van der Waals surface area contributed by atoms with E-state index in [1.807, 2.05) is 24.3 Å². The quantitative estimate of drug-likeness (QED) is 0.864. The summed E-state index contributed by atoms with van der Waals surface area (Å²) in [6.45, 7) is 0. The van der Waals surface area contributed by atoms with E-state index in [-0.39, 0.29) is 11.9 Å². The summed E-state index contributed by atoms with van der Waals surface area (Å²) in [5.74, 6) is -0.00218. The molecule has 0 saturated carbocycles. The molecular formula is C15H16N2O2. The molecule has 2 bridgehead atoms. The van der Waals surface area contributed by atoms with E-state index in [4.69, 9.17) is 4.42 Å². The summed E-state index contributed by atoms with van der Waals surface area (Å²) in [5.41, 5.74) is 1.43. The van der Waals surface area contributed by atoms with Gasteiger partial charge in [0.2, 0.25) is 0 Å². The van der Waals surface area contributed by atoms with Gasteiger partial charge in [-0.1, -0.05) is 6.07 Å². The van der Waals surface area contributed by atoms with Crippen LogP contribution < -0.4 is 10.6 Å². The summed E-state index contributed by atoms with van der Waals surface area (Å²) in [7, 11) is 0. The van der Waals surface area contributed by atoms with Crippen molar-refractivity contribution in [2.45, 2.75) is 37.4 Å². The molecule has 1 aromatic carbocycles. The first kappa shape index (κ1) is 11.1. The van der Waals surface area contributed by atoms with Gasteiger partial charge in [-0.15, -0.1) is 0 Å². The Hall–Kier alpha value is -1.81. The van der Waals surface area contributed by atoms with Crippen molar-refractivity contribution < 1.29 is 9.21 Å². The lowest BCUT2D eigenvalue weighted by Gasteiger charge is -2.21. The molecule has 2 fully saturated rings. The number of fused-ring (bicyclic) bond motifs is 3. The van der Waals surface area contributed by atoms with Gasteiger partial charge in [-0.25, -0.2) is 0 Å². The highest BCUT2D eigenvalue weighted by atomic mass is 16.3. The largest absolute Gasteiger partial charge is 0.464 e. The first-order chi connectivity index (χ1) is 9.29. The maximum Gasteiger partial charge on any atom is 0.251 e. The van der Waals surface area contributed by atoms with Crippen LogP contribution in [0.5, 0.6) is 0 Å². The van der Waals surface area contributed by atoms with Crippen LogP contribution in [-0.2, 0) is 0 Å². The maximum absolute atomic E-state index is 12.3. The van der Waals surface area contributed by atoms with E-state index < -0.39 is 0 Å². The SMILES string of the molecule is O=C(NC1CC2CCC1N2)c1ccc2ccoc2c1. The van der Waals surface area contributed by atoms with Crippen molar-refractivity contribution in [2.75, 3.05) is 0 Å². The molecule has 3 heterocycles. The Bertz CT molecular complexity index is 634. The summed E-state index contributed by atoms with van der Waals surface area (Å²) in [6, 6.07) is 8.82. The van der Waals surface area contributed by atoms with E-state index in [1.165, 1.54) is 12.8 Å². The highest BCUT2D eigenvalue weighted by Crippen LogP contribution is 2.28. The molecule has 4 rings (SSSR count). The minimum absolute atomic E-state index is 0.00218. The molecule has 2 aliphatic heterocycles. The zero-order valence-corrected chi connectivity index (χ0v) is 10.6. The minimum atomic E-state index is -0.00218. The molecule has 4 heteroatoms. The second kappa shape index (κ2) is 4.10. The lowest BCUT2D eigenvalue weighted by molar-refractivity contribution is 0.0931. The molecule has 2 aliphatic rings. The fraction of sp³-hybridized carbons (Fsp3) is 0.400. The standard InChI is InChI=1S/C15H16N2O2/c18-15(17-13-8-11-3-4-12(13)16-11)10-2-1-9-5-6-19-14(9)7-10/h1-2,5-7,11-13,16H,3-4,8H2,(H,17,18). The molecule has 0 spiro atoms. The first-order valence-electron chi connectivity index (χ1n) is 6.84. The monoisotopic (exact) mass is 256 g/mol. The smallest absolute Gasteiger partial charge is 0.251 e.